The van der Waals surface area contributed by atoms with E-state index < -0.39 is 0 Å². The van der Waals surface area contributed by atoms with Gasteiger partial charge >= 0.3 is 0 Å². The van der Waals surface area contributed by atoms with Gasteiger partial charge in [0.25, 0.3) is 0 Å². The van der Waals surface area contributed by atoms with Crippen LogP contribution in [0.3, 0.4) is 0 Å². The van der Waals surface area contributed by atoms with Crippen molar-refractivity contribution in [3.05, 3.63) is 24.2 Å². The van der Waals surface area contributed by atoms with Crippen molar-refractivity contribution in [2.24, 2.45) is 0 Å². The van der Waals surface area contributed by atoms with E-state index in [0.29, 0.717) is 5.88 Å². The molecule has 0 bridgehead atoms. The number of nitrogens with one attached hydrogen (secondary N) is 1. The molecule has 0 aromatic carbocycles. The summed E-state index contributed by atoms with van der Waals surface area (Å²) in [5, 5.41) is 6.94. The van der Waals surface area contributed by atoms with Gasteiger partial charge in [0, 0.05) is 11.8 Å². The number of ether oxygens (including phenoxy) is 1. The van der Waals surface area contributed by atoms with Crippen molar-refractivity contribution in [2.75, 3.05) is 7.11 Å². The van der Waals surface area contributed by atoms with Gasteiger partial charge < -0.3 is 4.74 Å². The van der Waals surface area contributed by atoms with Crippen LogP contribution in [0.15, 0.2) is 18.5 Å². The third-order valence-corrected chi connectivity index (χ3v) is 1.82. The topological polar surface area (TPSA) is 63.7 Å². The lowest BCUT2D eigenvalue weighted by molar-refractivity contribution is 0.397. The molecule has 2 aromatic heterocycles. The van der Waals surface area contributed by atoms with Crippen LogP contribution in [0, 0.1) is 6.92 Å². The Hall–Kier alpha value is -1.91. The van der Waals surface area contributed by atoms with Crippen LogP contribution in [0.2, 0.25) is 0 Å². The highest BCUT2D eigenvalue weighted by Crippen LogP contribution is 2.17. The zero-order valence-corrected chi connectivity index (χ0v) is 7.98. The van der Waals surface area contributed by atoms with Gasteiger partial charge in [-0.25, -0.2) is 9.97 Å². The molecular formula is C9H10N4O. The third kappa shape index (κ3) is 1.56. The van der Waals surface area contributed by atoms with E-state index in [1.807, 2.05) is 13.0 Å². The van der Waals surface area contributed by atoms with Gasteiger partial charge in [-0.1, -0.05) is 0 Å². The summed E-state index contributed by atoms with van der Waals surface area (Å²) in [6.45, 7) is 1.94. The first kappa shape index (κ1) is 8.68. The molecule has 2 aromatic rings. The molecule has 0 atom stereocenters. The summed E-state index contributed by atoms with van der Waals surface area (Å²) in [5.41, 5.74) is 2.54. The van der Waals surface area contributed by atoms with Gasteiger partial charge in [0.15, 0.2) is 0 Å². The first-order valence-corrected chi connectivity index (χ1v) is 4.18. The van der Waals surface area contributed by atoms with E-state index >= 15 is 0 Å². The summed E-state index contributed by atoms with van der Waals surface area (Å²) in [5.74, 6) is 0.538. The number of aromatic nitrogens is 4. The Labute approximate surface area is 81.2 Å². The smallest absolute Gasteiger partial charge is 0.216 e. The van der Waals surface area contributed by atoms with Crippen molar-refractivity contribution in [2.45, 2.75) is 6.92 Å². The van der Waals surface area contributed by atoms with Crippen LogP contribution in [0.25, 0.3) is 11.4 Å². The molecule has 0 radical (unpaired) electrons. The summed E-state index contributed by atoms with van der Waals surface area (Å²) < 4.78 is 4.99. The van der Waals surface area contributed by atoms with Gasteiger partial charge in [0.1, 0.15) is 12.0 Å². The molecule has 0 saturated carbocycles. The van der Waals surface area contributed by atoms with Crippen molar-refractivity contribution in [1.82, 2.24) is 20.2 Å². The standard InChI is InChI=1S/C9H10N4O/c1-6-3-8(13-12-6)7-4-9(14-2)11-5-10-7/h3-5H,1-2H3,(H,12,13). The third-order valence-electron chi connectivity index (χ3n) is 1.82. The van der Waals surface area contributed by atoms with Crippen LogP contribution in [0.4, 0.5) is 0 Å². The second-order valence-electron chi connectivity index (χ2n) is 2.88. The lowest BCUT2D eigenvalue weighted by Gasteiger charge is -1.98. The van der Waals surface area contributed by atoms with Gasteiger partial charge in [0.05, 0.1) is 12.8 Å². The molecule has 2 heterocycles. The maximum Gasteiger partial charge on any atom is 0.216 e. The van der Waals surface area contributed by atoms with Crippen LogP contribution >= 0.6 is 0 Å². The zero-order chi connectivity index (χ0) is 9.97. The quantitative estimate of drug-likeness (QED) is 0.772. The van der Waals surface area contributed by atoms with Gasteiger partial charge in [-0.05, 0) is 13.0 Å². The second kappa shape index (κ2) is 3.45. The average Bonchev–Trinajstić information content (AvgIpc) is 2.65. The van der Waals surface area contributed by atoms with Crippen LogP contribution < -0.4 is 4.74 Å². The summed E-state index contributed by atoms with van der Waals surface area (Å²) in [6.07, 6.45) is 1.46. The molecule has 2 rings (SSSR count). The Morgan fingerprint density at radius 3 is 2.71 bits per heavy atom. The minimum atomic E-state index is 0.538. The van der Waals surface area contributed by atoms with Gasteiger partial charge in [0.2, 0.25) is 5.88 Å². The minimum Gasteiger partial charge on any atom is -0.481 e. The molecule has 0 spiro atoms. The fourth-order valence-corrected chi connectivity index (χ4v) is 1.14. The zero-order valence-electron chi connectivity index (χ0n) is 7.98. The van der Waals surface area contributed by atoms with Crippen LogP contribution in [-0.2, 0) is 0 Å². The number of hydrogen-bond donors (Lipinski definition) is 1. The highest BCUT2D eigenvalue weighted by molar-refractivity contribution is 5.54. The molecule has 0 amide bonds. The summed E-state index contributed by atoms with van der Waals surface area (Å²) in [7, 11) is 1.57. The van der Waals surface area contributed by atoms with Crippen LogP contribution in [0.1, 0.15) is 5.69 Å². The van der Waals surface area contributed by atoms with E-state index in [1.165, 1.54) is 6.33 Å². The van der Waals surface area contributed by atoms with Gasteiger partial charge in [-0.15, -0.1) is 0 Å². The lowest BCUT2D eigenvalue weighted by Crippen LogP contribution is -1.90. The monoisotopic (exact) mass is 190 g/mol. The molecule has 0 fully saturated rings. The van der Waals surface area contributed by atoms with Crippen LogP contribution in [-0.4, -0.2) is 27.3 Å². The largest absolute Gasteiger partial charge is 0.481 e. The number of H-pyrrole nitrogens is 1. The number of aromatic amines is 1. The molecule has 0 unspecified atom stereocenters. The highest BCUT2D eigenvalue weighted by atomic mass is 16.5. The van der Waals surface area contributed by atoms with Crippen molar-refractivity contribution in [1.29, 1.82) is 0 Å². The first-order chi connectivity index (χ1) is 6.79. The summed E-state index contributed by atoms with van der Waals surface area (Å²) in [6, 6.07) is 3.66. The Kier molecular flexibility index (Phi) is 2.14. The molecule has 5 heteroatoms. The molecule has 0 saturated heterocycles. The molecule has 0 aliphatic rings. The number of hydrogen-bond acceptors (Lipinski definition) is 4. The van der Waals surface area contributed by atoms with E-state index in [9.17, 15) is 0 Å². The molecule has 14 heavy (non-hydrogen) atoms. The molecule has 5 nitrogen and oxygen atoms in total. The molecule has 0 aliphatic carbocycles. The molecule has 72 valence electrons. The van der Waals surface area contributed by atoms with Crippen molar-refractivity contribution in [3.63, 3.8) is 0 Å². The minimum absolute atomic E-state index is 0.538. The molecular weight excluding hydrogens is 180 g/mol. The summed E-state index contributed by atoms with van der Waals surface area (Å²) in [4.78, 5) is 8.02. The lowest BCUT2D eigenvalue weighted by atomic mass is 10.3. The predicted octanol–water partition coefficient (Wildman–Crippen LogP) is 1.18. The van der Waals surface area contributed by atoms with Crippen molar-refractivity contribution < 1.29 is 4.74 Å². The number of methoxy groups -OCH3 is 1. The van der Waals surface area contributed by atoms with Crippen molar-refractivity contribution in [3.8, 4) is 17.3 Å². The van der Waals surface area contributed by atoms with Crippen LogP contribution in [0.5, 0.6) is 5.88 Å². The SMILES string of the molecule is COc1cc(-c2cc(C)[nH]n2)ncn1. The molecule has 0 aliphatic heterocycles. The normalized spacial score (nSPS) is 10.1. The van der Waals surface area contributed by atoms with E-state index in [-0.39, 0.29) is 0 Å². The Bertz CT molecular complexity index is 438. The van der Waals surface area contributed by atoms with Gasteiger partial charge in [-0.3, -0.25) is 5.10 Å². The number of aryl methyl sites for hydroxylation is 1. The number of nitrogens with zero attached hydrogens (tertiary/aromatic N) is 3. The van der Waals surface area contributed by atoms with E-state index in [2.05, 4.69) is 20.2 Å². The average molecular weight is 190 g/mol. The Morgan fingerprint density at radius 2 is 2.07 bits per heavy atom. The Morgan fingerprint density at radius 1 is 1.21 bits per heavy atom. The maximum absolute atomic E-state index is 4.99. The second-order valence-corrected chi connectivity index (χ2v) is 2.88. The highest BCUT2D eigenvalue weighted by Gasteiger charge is 2.04. The Balaban J connectivity index is 2.41. The van der Waals surface area contributed by atoms with E-state index in [0.717, 1.165) is 17.1 Å². The van der Waals surface area contributed by atoms with E-state index in [1.54, 1.807) is 13.2 Å². The van der Waals surface area contributed by atoms with Crippen molar-refractivity contribution >= 4 is 0 Å². The fraction of sp³-hybridized carbons (Fsp3) is 0.222. The fourth-order valence-electron chi connectivity index (χ4n) is 1.14. The van der Waals surface area contributed by atoms with E-state index in [4.69, 9.17) is 4.74 Å². The number of rotatable bonds is 2. The summed E-state index contributed by atoms with van der Waals surface area (Å²) >= 11 is 0. The molecule has 1 N–H and O–H groups in total. The maximum atomic E-state index is 4.99. The first-order valence-electron chi connectivity index (χ1n) is 4.18. The van der Waals surface area contributed by atoms with Gasteiger partial charge in [-0.2, -0.15) is 5.10 Å². The predicted molar refractivity (Wildman–Crippen MR) is 50.9 cm³/mol.